The van der Waals surface area contributed by atoms with E-state index in [0.717, 1.165) is 60.2 Å². The first kappa shape index (κ1) is 24.5. The Morgan fingerprint density at radius 3 is 2.56 bits per heavy atom. The van der Waals surface area contributed by atoms with Crippen LogP contribution in [-0.4, -0.2) is 35.7 Å². The molecule has 3 aliphatic rings. The quantitative estimate of drug-likeness (QED) is 0.177. The largest absolute Gasteiger partial charge is 0.352 e. The summed E-state index contributed by atoms with van der Waals surface area (Å²) >= 11 is 1.49. The Labute approximate surface area is 213 Å². The SMILES string of the molecule is Cc1ccc(NC(NC2CCc3sc(NC(=O)C4CC4)c(C(=O)NCC4CC4)c3C2)N[N+](=O)[O-])cc1. The molecule has 2 aromatic rings. The summed E-state index contributed by atoms with van der Waals surface area (Å²) in [5.41, 5.74) is 5.65. The highest BCUT2D eigenvalue weighted by Gasteiger charge is 2.35. The Kier molecular flexibility index (Phi) is 7.10. The highest BCUT2D eigenvalue weighted by Crippen LogP contribution is 2.40. The van der Waals surface area contributed by atoms with Crippen LogP contribution in [0.3, 0.4) is 0 Å². The third kappa shape index (κ3) is 6.14. The predicted octanol–water partition coefficient (Wildman–Crippen LogP) is 3.17. The molecule has 5 N–H and O–H groups in total. The Morgan fingerprint density at radius 2 is 1.89 bits per heavy atom. The summed E-state index contributed by atoms with van der Waals surface area (Å²) in [5.74, 6) is 0.424. The number of anilines is 2. The molecule has 192 valence electrons. The number of carbonyl (C=O) groups is 2. The lowest BCUT2D eigenvalue weighted by molar-refractivity contribution is -0.551. The van der Waals surface area contributed by atoms with Gasteiger partial charge in [-0.25, -0.2) is 10.1 Å². The molecule has 2 amide bonds. The minimum atomic E-state index is -0.797. The number of nitrogens with one attached hydrogen (secondary N) is 5. The minimum absolute atomic E-state index is 0.0166. The van der Waals surface area contributed by atoms with Crippen LogP contribution >= 0.6 is 11.3 Å². The highest BCUT2D eigenvalue weighted by molar-refractivity contribution is 7.17. The maximum atomic E-state index is 13.3. The average molecular weight is 513 g/mol. The number of carbonyl (C=O) groups excluding carboxylic acids is 2. The summed E-state index contributed by atoms with van der Waals surface area (Å²) < 4.78 is 0. The van der Waals surface area contributed by atoms with E-state index in [1.807, 2.05) is 31.2 Å². The van der Waals surface area contributed by atoms with Crippen LogP contribution < -0.4 is 26.7 Å². The van der Waals surface area contributed by atoms with Crippen molar-refractivity contribution in [3.05, 3.63) is 55.9 Å². The molecule has 5 rings (SSSR count). The average Bonchev–Trinajstić information content (AvgIpc) is 3.75. The van der Waals surface area contributed by atoms with E-state index in [1.165, 1.54) is 11.3 Å². The van der Waals surface area contributed by atoms with Crippen LogP contribution in [0.2, 0.25) is 0 Å². The van der Waals surface area contributed by atoms with E-state index in [1.54, 1.807) is 0 Å². The molecule has 1 aromatic carbocycles. The number of rotatable bonds is 11. The van der Waals surface area contributed by atoms with Crippen LogP contribution in [0, 0.1) is 28.9 Å². The van der Waals surface area contributed by atoms with Gasteiger partial charge in [0.1, 0.15) is 5.00 Å². The molecule has 36 heavy (non-hydrogen) atoms. The number of hydrogen-bond donors (Lipinski definition) is 5. The van der Waals surface area contributed by atoms with Gasteiger partial charge in [-0.3, -0.25) is 14.9 Å². The van der Waals surface area contributed by atoms with Crippen LogP contribution in [0.4, 0.5) is 10.7 Å². The van der Waals surface area contributed by atoms with Gasteiger partial charge in [-0.15, -0.1) is 16.8 Å². The molecule has 1 heterocycles. The molecular weight excluding hydrogens is 480 g/mol. The van der Waals surface area contributed by atoms with E-state index < -0.39 is 11.3 Å². The summed E-state index contributed by atoms with van der Waals surface area (Å²) in [6.07, 6.45) is 5.30. The second-order valence-corrected chi connectivity index (χ2v) is 11.2. The highest BCUT2D eigenvalue weighted by atomic mass is 32.1. The Balaban J connectivity index is 1.33. The van der Waals surface area contributed by atoms with E-state index in [4.69, 9.17) is 0 Å². The van der Waals surface area contributed by atoms with Crippen LogP contribution in [0.5, 0.6) is 0 Å². The van der Waals surface area contributed by atoms with E-state index in [2.05, 4.69) is 26.7 Å². The molecule has 0 aliphatic heterocycles. The number of hydrazine groups is 1. The van der Waals surface area contributed by atoms with Gasteiger partial charge >= 0.3 is 0 Å². The van der Waals surface area contributed by atoms with Gasteiger partial charge in [-0.1, -0.05) is 17.7 Å². The molecule has 0 bridgehead atoms. The van der Waals surface area contributed by atoms with Gasteiger partial charge in [0.25, 0.3) is 5.91 Å². The first-order valence-electron chi connectivity index (χ1n) is 12.6. The van der Waals surface area contributed by atoms with Crippen molar-refractivity contribution in [1.82, 2.24) is 16.1 Å². The van der Waals surface area contributed by atoms with Crippen molar-refractivity contribution in [2.75, 3.05) is 17.2 Å². The standard InChI is InChI=1S/C25H32N6O4S/c1-14-2-8-17(9-3-14)27-25(30-31(34)35)28-18-10-11-20-19(12-18)21(23(33)26-13-15-4-5-15)24(36-20)29-22(32)16-6-7-16/h2-3,8-9,15-16,18,25,27-28,30H,4-7,10-13H2,1H3,(H,26,33)(H,29,32). The summed E-state index contributed by atoms with van der Waals surface area (Å²) in [7, 11) is 0. The topological polar surface area (TPSA) is 137 Å². The number of benzene rings is 1. The van der Waals surface area contributed by atoms with Gasteiger partial charge in [0.2, 0.25) is 12.2 Å². The van der Waals surface area contributed by atoms with Gasteiger partial charge in [-0.2, -0.15) is 0 Å². The molecule has 0 saturated heterocycles. The third-order valence-corrected chi connectivity index (χ3v) is 8.13. The Bertz CT molecular complexity index is 1140. The van der Waals surface area contributed by atoms with Gasteiger partial charge in [0, 0.05) is 29.1 Å². The van der Waals surface area contributed by atoms with Gasteiger partial charge in [-0.05, 0) is 75.5 Å². The van der Waals surface area contributed by atoms with E-state index in [0.29, 0.717) is 29.4 Å². The van der Waals surface area contributed by atoms with Crippen molar-refractivity contribution < 1.29 is 14.6 Å². The van der Waals surface area contributed by atoms with E-state index in [-0.39, 0.29) is 23.8 Å². The van der Waals surface area contributed by atoms with Crippen molar-refractivity contribution >= 4 is 33.8 Å². The van der Waals surface area contributed by atoms with Crippen LogP contribution in [0.1, 0.15) is 58.5 Å². The molecule has 2 atom stereocenters. The maximum absolute atomic E-state index is 13.3. The first-order chi connectivity index (χ1) is 17.4. The molecule has 0 radical (unpaired) electrons. The van der Waals surface area contributed by atoms with Crippen molar-refractivity contribution in [1.29, 1.82) is 0 Å². The lowest BCUT2D eigenvalue weighted by Crippen LogP contribution is -2.55. The van der Waals surface area contributed by atoms with Crippen LogP contribution in [0.25, 0.3) is 0 Å². The number of thiophene rings is 1. The monoisotopic (exact) mass is 512 g/mol. The number of amides is 2. The fourth-order valence-electron chi connectivity index (χ4n) is 4.53. The van der Waals surface area contributed by atoms with Gasteiger partial charge < -0.3 is 16.0 Å². The molecule has 3 aliphatic carbocycles. The lowest BCUT2D eigenvalue weighted by Gasteiger charge is -2.28. The normalized spacial score (nSPS) is 19.6. The lowest BCUT2D eigenvalue weighted by atomic mass is 9.91. The molecule has 2 fully saturated rings. The summed E-state index contributed by atoms with van der Waals surface area (Å²) in [5, 5.41) is 23.8. The second kappa shape index (κ2) is 10.4. The van der Waals surface area contributed by atoms with Crippen LogP contribution in [-0.2, 0) is 17.6 Å². The number of nitrogens with zero attached hydrogens (tertiary/aromatic N) is 1. The fourth-order valence-corrected chi connectivity index (χ4v) is 5.77. The molecule has 2 saturated carbocycles. The zero-order valence-corrected chi connectivity index (χ0v) is 21.1. The van der Waals surface area contributed by atoms with E-state index >= 15 is 0 Å². The minimum Gasteiger partial charge on any atom is -0.352 e. The maximum Gasteiger partial charge on any atom is 0.254 e. The molecule has 0 spiro atoms. The van der Waals surface area contributed by atoms with Gasteiger partial charge in [0.05, 0.1) is 5.56 Å². The van der Waals surface area contributed by atoms with Crippen molar-refractivity contribution in [2.24, 2.45) is 11.8 Å². The van der Waals surface area contributed by atoms with Crippen molar-refractivity contribution in [3.63, 3.8) is 0 Å². The molecular formula is C25H32N6O4S. The number of nitro groups is 1. The summed E-state index contributed by atoms with van der Waals surface area (Å²) in [6, 6.07) is 7.53. The molecule has 2 unspecified atom stereocenters. The number of fused-ring (bicyclic) bond motifs is 1. The van der Waals surface area contributed by atoms with Crippen molar-refractivity contribution in [2.45, 2.75) is 64.2 Å². The number of hydrogen-bond acceptors (Lipinski definition) is 7. The fraction of sp³-hybridized carbons (Fsp3) is 0.520. The third-order valence-electron chi connectivity index (χ3n) is 6.92. The zero-order chi connectivity index (χ0) is 25.2. The zero-order valence-electron chi connectivity index (χ0n) is 20.3. The second-order valence-electron chi connectivity index (χ2n) is 10.1. The first-order valence-corrected chi connectivity index (χ1v) is 13.4. The van der Waals surface area contributed by atoms with E-state index in [9.17, 15) is 19.7 Å². The van der Waals surface area contributed by atoms with Crippen molar-refractivity contribution in [3.8, 4) is 0 Å². The van der Waals surface area contributed by atoms with Gasteiger partial charge in [0.15, 0.2) is 5.03 Å². The summed E-state index contributed by atoms with van der Waals surface area (Å²) in [6.45, 7) is 2.63. The molecule has 10 nitrogen and oxygen atoms in total. The Hall–Kier alpha value is -3.18. The smallest absolute Gasteiger partial charge is 0.254 e. The van der Waals surface area contributed by atoms with Crippen LogP contribution in [0.15, 0.2) is 24.3 Å². The predicted molar refractivity (Wildman–Crippen MR) is 138 cm³/mol. The molecule has 1 aromatic heterocycles. The number of aryl methyl sites for hydroxylation is 2. The summed E-state index contributed by atoms with van der Waals surface area (Å²) in [4.78, 5) is 38.1. The Morgan fingerprint density at radius 1 is 1.14 bits per heavy atom. The molecule has 11 heteroatoms.